The van der Waals surface area contributed by atoms with E-state index in [9.17, 15) is 14.7 Å². The zero-order valence-corrected chi connectivity index (χ0v) is 6.37. The Labute approximate surface area is 63.8 Å². The molecule has 4 N–H and O–H groups in total. The number of carbonyl (C=O) groups is 2. The van der Waals surface area contributed by atoms with Crippen LogP contribution in [0.5, 0.6) is 0 Å². The number of aliphatic carboxylic acids is 1. The van der Waals surface area contributed by atoms with Gasteiger partial charge >= 0.3 is 5.97 Å². The maximum atomic E-state index is 10.6. The molecule has 0 aromatic rings. The zero-order valence-electron chi connectivity index (χ0n) is 6.37. The number of ketones is 1. The molecule has 11 heavy (non-hydrogen) atoms. The molecule has 0 aromatic carbocycles. The first-order valence-electron chi connectivity index (χ1n) is 3.02. The van der Waals surface area contributed by atoms with Crippen LogP contribution in [0.3, 0.4) is 0 Å². The van der Waals surface area contributed by atoms with Gasteiger partial charge in [-0.3, -0.25) is 9.59 Å². The molecule has 0 rings (SSSR count). The van der Waals surface area contributed by atoms with Crippen LogP contribution < -0.4 is 5.73 Å². The molecule has 0 fully saturated rings. The summed E-state index contributed by atoms with van der Waals surface area (Å²) in [6, 6.07) is -1.57. The molecule has 2 atom stereocenters. The Kier molecular flexibility index (Phi) is 2.72. The van der Waals surface area contributed by atoms with Crippen LogP contribution in [0, 0.1) is 0 Å². The number of hydrogen-bond acceptors (Lipinski definition) is 4. The zero-order chi connectivity index (χ0) is 9.23. The average molecular weight is 161 g/mol. The number of nitrogens with two attached hydrogens (primary N) is 1. The predicted octanol–water partition coefficient (Wildman–Crippen LogP) is -1.26. The Morgan fingerprint density at radius 2 is 1.91 bits per heavy atom. The van der Waals surface area contributed by atoms with Crippen LogP contribution in [0.4, 0.5) is 0 Å². The summed E-state index contributed by atoms with van der Waals surface area (Å²) in [5.41, 5.74) is 3.04. The fourth-order valence-electron chi connectivity index (χ4n) is 0.459. The van der Waals surface area contributed by atoms with E-state index in [0.29, 0.717) is 0 Å². The van der Waals surface area contributed by atoms with Gasteiger partial charge in [-0.15, -0.1) is 0 Å². The van der Waals surface area contributed by atoms with Crippen LogP contribution >= 0.6 is 0 Å². The fraction of sp³-hybridized carbons (Fsp3) is 0.667. The minimum atomic E-state index is -1.98. The normalized spacial score (nSPS) is 18.5. The van der Waals surface area contributed by atoms with Gasteiger partial charge in [0.25, 0.3) is 0 Å². The van der Waals surface area contributed by atoms with Crippen molar-refractivity contribution in [3.05, 3.63) is 0 Å². The summed E-state index contributed by atoms with van der Waals surface area (Å²) in [4.78, 5) is 20.8. The molecule has 0 aromatic heterocycles. The quantitative estimate of drug-likeness (QED) is 0.479. The SMILES string of the molecule is CC(=O)C(C)(O)C(N)C(=O)O. The Morgan fingerprint density at radius 3 is 2.00 bits per heavy atom. The number of Topliss-reactive ketones (excluding diaryl/α,β-unsaturated/α-hetero) is 1. The third-order valence-corrected chi connectivity index (χ3v) is 1.58. The highest BCUT2D eigenvalue weighted by Gasteiger charge is 2.38. The maximum Gasteiger partial charge on any atom is 0.323 e. The van der Waals surface area contributed by atoms with Gasteiger partial charge in [-0.1, -0.05) is 0 Å². The van der Waals surface area contributed by atoms with Gasteiger partial charge in [0.05, 0.1) is 0 Å². The number of carboxylic acids is 1. The van der Waals surface area contributed by atoms with Gasteiger partial charge in [0.1, 0.15) is 11.6 Å². The van der Waals surface area contributed by atoms with Crippen molar-refractivity contribution < 1.29 is 19.8 Å². The number of hydrogen-bond donors (Lipinski definition) is 3. The number of carbonyl (C=O) groups excluding carboxylic acids is 1. The maximum absolute atomic E-state index is 10.6. The van der Waals surface area contributed by atoms with E-state index in [0.717, 1.165) is 13.8 Å². The molecule has 5 nitrogen and oxygen atoms in total. The smallest absolute Gasteiger partial charge is 0.323 e. The van der Waals surface area contributed by atoms with Crippen LogP contribution in [0.15, 0.2) is 0 Å². The van der Waals surface area contributed by atoms with E-state index >= 15 is 0 Å². The molecule has 64 valence electrons. The first-order valence-corrected chi connectivity index (χ1v) is 3.02. The Hall–Kier alpha value is -0.940. The van der Waals surface area contributed by atoms with Gasteiger partial charge in [0.15, 0.2) is 5.78 Å². The van der Waals surface area contributed by atoms with E-state index < -0.39 is 23.4 Å². The van der Waals surface area contributed by atoms with Gasteiger partial charge in [-0.2, -0.15) is 0 Å². The monoisotopic (exact) mass is 161 g/mol. The van der Waals surface area contributed by atoms with E-state index in [2.05, 4.69) is 0 Å². The second-order valence-corrected chi connectivity index (χ2v) is 2.52. The number of carboxylic acid groups (broad SMARTS) is 1. The van der Waals surface area contributed by atoms with Crippen molar-refractivity contribution >= 4 is 11.8 Å². The van der Waals surface area contributed by atoms with Gasteiger partial charge in [0, 0.05) is 0 Å². The van der Waals surface area contributed by atoms with Crippen molar-refractivity contribution in [3.8, 4) is 0 Å². The van der Waals surface area contributed by atoms with E-state index in [1.54, 1.807) is 0 Å². The van der Waals surface area contributed by atoms with Crippen LogP contribution in [0.25, 0.3) is 0 Å². The highest BCUT2D eigenvalue weighted by Crippen LogP contribution is 2.08. The summed E-state index contributed by atoms with van der Waals surface area (Å²) < 4.78 is 0. The average Bonchev–Trinajstić information content (AvgIpc) is 1.85. The van der Waals surface area contributed by atoms with Gasteiger partial charge < -0.3 is 15.9 Å². The Morgan fingerprint density at radius 1 is 1.55 bits per heavy atom. The molecule has 0 bridgehead atoms. The second-order valence-electron chi connectivity index (χ2n) is 2.52. The fourth-order valence-corrected chi connectivity index (χ4v) is 0.459. The Balaban J connectivity index is 4.55. The van der Waals surface area contributed by atoms with Crippen LogP contribution in [-0.2, 0) is 9.59 Å². The minimum Gasteiger partial charge on any atom is -0.480 e. The molecule has 0 amide bonds. The van der Waals surface area contributed by atoms with Crippen LogP contribution in [-0.4, -0.2) is 33.6 Å². The van der Waals surface area contributed by atoms with Crippen LogP contribution in [0.1, 0.15) is 13.8 Å². The van der Waals surface area contributed by atoms with Crippen molar-refractivity contribution in [1.82, 2.24) is 0 Å². The van der Waals surface area contributed by atoms with E-state index in [-0.39, 0.29) is 0 Å². The summed E-state index contributed by atoms with van der Waals surface area (Å²) in [5.74, 6) is -2.06. The van der Waals surface area contributed by atoms with Gasteiger partial charge in [0.2, 0.25) is 0 Å². The molecule has 0 aliphatic heterocycles. The molecule has 0 aliphatic carbocycles. The lowest BCUT2D eigenvalue weighted by Gasteiger charge is -2.23. The highest BCUT2D eigenvalue weighted by atomic mass is 16.4. The predicted molar refractivity (Wildman–Crippen MR) is 36.9 cm³/mol. The number of rotatable bonds is 3. The lowest BCUT2D eigenvalue weighted by atomic mass is 9.93. The van der Waals surface area contributed by atoms with Crippen molar-refractivity contribution in [2.45, 2.75) is 25.5 Å². The molecule has 0 heterocycles. The Bertz CT molecular complexity index is 187. The largest absolute Gasteiger partial charge is 0.480 e. The number of aliphatic hydroxyl groups is 1. The van der Waals surface area contributed by atoms with E-state index in [1.165, 1.54) is 0 Å². The van der Waals surface area contributed by atoms with Crippen molar-refractivity contribution in [2.75, 3.05) is 0 Å². The summed E-state index contributed by atoms with van der Waals surface area (Å²) >= 11 is 0. The summed E-state index contributed by atoms with van der Waals surface area (Å²) in [6.45, 7) is 2.16. The van der Waals surface area contributed by atoms with Crippen LogP contribution in [0.2, 0.25) is 0 Å². The van der Waals surface area contributed by atoms with Crippen molar-refractivity contribution in [3.63, 3.8) is 0 Å². The van der Waals surface area contributed by atoms with Gasteiger partial charge in [-0.05, 0) is 13.8 Å². The van der Waals surface area contributed by atoms with E-state index in [4.69, 9.17) is 10.8 Å². The molecule has 0 radical (unpaired) electrons. The standard InChI is InChI=1S/C6H11NO4/c1-3(8)6(2,11)4(7)5(9)10/h4,11H,7H2,1-2H3,(H,9,10). The molecule has 0 saturated heterocycles. The molecule has 0 saturated carbocycles. The first kappa shape index (κ1) is 10.1. The molecule has 0 aliphatic rings. The summed E-state index contributed by atoms with van der Waals surface area (Å²) in [5, 5.41) is 17.5. The third-order valence-electron chi connectivity index (χ3n) is 1.58. The van der Waals surface area contributed by atoms with Crippen molar-refractivity contribution in [2.24, 2.45) is 5.73 Å². The molecule has 0 spiro atoms. The second kappa shape index (κ2) is 2.98. The summed E-state index contributed by atoms with van der Waals surface area (Å²) in [7, 11) is 0. The van der Waals surface area contributed by atoms with Gasteiger partial charge in [-0.25, -0.2) is 0 Å². The summed E-state index contributed by atoms with van der Waals surface area (Å²) in [6.07, 6.45) is 0. The van der Waals surface area contributed by atoms with Crippen molar-refractivity contribution in [1.29, 1.82) is 0 Å². The van der Waals surface area contributed by atoms with E-state index in [1.807, 2.05) is 0 Å². The minimum absolute atomic E-state index is 0.660. The third kappa shape index (κ3) is 1.99. The molecule has 2 unspecified atom stereocenters. The first-order chi connectivity index (χ1) is 4.80. The molecule has 5 heteroatoms. The lowest BCUT2D eigenvalue weighted by Crippen LogP contribution is -2.55. The molecular weight excluding hydrogens is 150 g/mol. The highest BCUT2D eigenvalue weighted by molar-refractivity contribution is 5.91. The lowest BCUT2D eigenvalue weighted by molar-refractivity contribution is -0.151. The topological polar surface area (TPSA) is 101 Å². The molecular formula is C6H11NO4.